The smallest absolute Gasteiger partial charge is 0.364 e. The van der Waals surface area contributed by atoms with Gasteiger partial charge in [0.05, 0.1) is 17.3 Å². The second kappa shape index (κ2) is 5.57. The molecule has 1 N–H and O–H groups in total. The monoisotopic (exact) mass is 305 g/mol. The number of halogens is 4. The van der Waals surface area contributed by atoms with Gasteiger partial charge in [-0.3, -0.25) is 0 Å². The van der Waals surface area contributed by atoms with Crippen LogP contribution in [0.15, 0.2) is 18.2 Å². The lowest BCUT2D eigenvalue weighted by Crippen LogP contribution is -2.52. The van der Waals surface area contributed by atoms with Crippen LogP contribution in [0.1, 0.15) is 38.0 Å². The number of hydrogen-bond donors (Lipinski definition) is 1. The predicted molar refractivity (Wildman–Crippen MR) is 71.3 cm³/mol. The summed E-state index contributed by atoms with van der Waals surface area (Å²) in [6.45, 7) is 6.95. The fourth-order valence-corrected chi connectivity index (χ4v) is 2.35. The summed E-state index contributed by atoms with van der Waals surface area (Å²) in [7, 11) is 0. The van der Waals surface area contributed by atoms with Crippen molar-refractivity contribution in [2.45, 2.75) is 38.7 Å². The highest BCUT2D eigenvalue weighted by atomic mass is 19.4. The van der Waals surface area contributed by atoms with Gasteiger partial charge in [0.25, 0.3) is 0 Å². The molecule has 0 amide bonds. The minimum atomic E-state index is -4.70. The SMILES string of the molecule is CC(C)C1(C)CNCC(c2ccc(F)c(C(F)(F)F)c2)O1. The first-order valence-electron chi connectivity index (χ1n) is 6.88. The molecule has 6 heteroatoms. The standard InChI is InChI=1S/C15H19F4NO/c1-9(2)14(3)8-20-7-13(21-14)10-4-5-12(16)11(6-10)15(17,18)19/h4-6,9,13,20H,7-8H2,1-3H3. The maximum absolute atomic E-state index is 13.3. The molecule has 2 atom stereocenters. The zero-order chi connectivity index (χ0) is 15.8. The molecule has 0 spiro atoms. The summed E-state index contributed by atoms with van der Waals surface area (Å²) in [6, 6.07) is 3.04. The molecule has 21 heavy (non-hydrogen) atoms. The molecule has 0 aliphatic carbocycles. The van der Waals surface area contributed by atoms with Crippen molar-refractivity contribution < 1.29 is 22.3 Å². The fourth-order valence-electron chi connectivity index (χ4n) is 2.35. The highest BCUT2D eigenvalue weighted by Crippen LogP contribution is 2.36. The number of benzene rings is 1. The Balaban J connectivity index is 2.30. The van der Waals surface area contributed by atoms with Crippen LogP contribution in [0.3, 0.4) is 0 Å². The van der Waals surface area contributed by atoms with Gasteiger partial charge < -0.3 is 10.1 Å². The number of morpholine rings is 1. The zero-order valence-electron chi connectivity index (χ0n) is 12.2. The van der Waals surface area contributed by atoms with Gasteiger partial charge in [-0.15, -0.1) is 0 Å². The van der Waals surface area contributed by atoms with Gasteiger partial charge in [0.15, 0.2) is 0 Å². The van der Waals surface area contributed by atoms with Crippen LogP contribution in [0, 0.1) is 11.7 Å². The highest BCUT2D eigenvalue weighted by molar-refractivity contribution is 5.29. The maximum Gasteiger partial charge on any atom is 0.419 e. The topological polar surface area (TPSA) is 21.3 Å². The lowest BCUT2D eigenvalue weighted by Gasteiger charge is -2.42. The van der Waals surface area contributed by atoms with Crippen LogP contribution in [-0.4, -0.2) is 18.7 Å². The highest BCUT2D eigenvalue weighted by Gasteiger charge is 2.38. The van der Waals surface area contributed by atoms with E-state index in [1.54, 1.807) is 0 Å². The Kier molecular flexibility index (Phi) is 4.31. The van der Waals surface area contributed by atoms with E-state index in [9.17, 15) is 17.6 Å². The van der Waals surface area contributed by atoms with Crippen molar-refractivity contribution in [2.24, 2.45) is 5.92 Å². The number of nitrogens with one attached hydrogen (secondary N) is 1. The van der Waals surface area contributed by atoms with Crippen molar-refractivity contribution in [1.82, 2.24) is 5.32 Å². The van der Waals surface area contributed by atoms with Crippen LogP contribution in [-0.2, 0) is 10.9 Å². The maximum atomic E-state index is 13.3. The summed E-state index contributed by atoms with van der Waals surface area (Å²) in [5.74, 6) is -1.06. The summed E-state index contributed by atoms with van der Waals surface area (Å²) in [5, 5.41) is 3.18. The normalized spacial score (nSPS) is 27.1. The second-order valence-electron chi connectivity index (χ2n) is 5.94. The van der Waals surface area contributed by atoms with Crippen molar-refractivity contribution in [2.75, 3.05) is 13.1 Å². The molecule has 2 unspecified atom stereocenters. The molecule has 1 heterocycles. The van der Waals surface area contributed by atoms with Crippen molar-refractivity contribution in [3.05, 3.63) is 35.1 Å². The molecular weight excluding hydrogens is 286 g/mol. The lowest BCUT2D eigenvalue weighted by molar-refractivity contribution is -0.141. The van der Waals surface area contributed by atoms with Crippen LogP contribution in [0.4, 0.5) is 17.6 Å². The first-order valence-corrected chi connectivity index (χ1v) is 6.88. The number of hydrogen-bond acceptors (Lipinski definition) is 2. The van der Waals surface area contributed by atoms with Gasteiger partial charge >= 0.3 is 6.18 Å². The minimum absolute atomic E-state index is 0.204. The Hall–Kier alpha value is -1.14. The minimum Gasteiger partial charge on any atom is -0.364 e. The number of rotatable bonds is 2. The van der Waals surface area contributed by atoms with Crippen molar-refractivity contribution in [3.63, 3.8) is 0 Å². The van der Waals surface area contributed by atoms with Gasteiger partial charge in [-0.25, -0.2) is 4.39 Å². The molecular formula is C15H19F4NO. The van der Waals surface area contributed by atoms with Crippen molar-refractivity contribution >= 4 is 0 Å². The van der Waals surface area contributed by atoms with Crippen LogP contribution in [0.25, 0.3) is 0 Å². The van der Waals surface area contributed by atoms with Gasteiger partial charge in [-0.05, 0) is 30.5 Å². The van der Waals surface area contributed by atoms with E-state index >= 15 is 0 Å². The molecule has 1 aromatic rings. The summed E-state index contributed by atoms with van der Waals surface area (Å²) < 4.78 is 57.7. The van der Waals surface area contributed by atoms with Crippen LogP contribution in [0.2, 0.25) is 0 Å². The summed E-state index contributed by atoms with van der Waals surface area (Å²) in [6.07, 6.45) is -5.23. The molecule has 1 fully saturated rings. The first kappa shape index (κ1) is 16.2. The van der Waals surface area contributed by atoms with Crippen LogP contribution in [0.5, 0.6) is 0 Å². The van der Waals surface area contributed by atoms with Crippen molar-refractivity contribution in [3.8, 4) is 0 Å². The Labute approximate surface area is 121 Å². The average molecular weight is 305 g/mol. The van der Waals surface area contributed by atoms with E-state index in [1.165, 1.54) is 6.07 Å². The van der Waals surface area contributed by atoms with E-state index in [1.807, 2.05) is 20.8 Å². The van der Waals surface area contributed by atoms with E-state index in [4.69, 9.17) is 4.74 Å². The molecule has 1 saturated heterocycles. The fraction of sp³-hybridized carbons (Fsp3) is 0.600. The third kappa shape index (κ3) is 3.37. The molecule has 2 rings (SSSR count). The molecule has 1 aliphatic heterocycles. The van der Waals surface area contributed by atoms with Gasteiger partial charge in [0.1, 0.15) is 5.82 Å². The number of alkyl halides is 3. The predicted octanol–water partition coefficient (Wildman–Crippen LogP) is 3.92. The second-order valence-corrected chi connectivity index (χ2v) is 5.94. The van der Waals surface area contributed by atoms with Gasteiger partial charge in [0.2, 0.25) is 0 Å². The number of ether oxygens (including phenoxy) is 1. The summed E-state index contributed by atoms with van der Waals surface area (Å²) in [4.78, 5) is 0. The molecule has 2 nitrogen and oxygen atoms in total. The molecule has 0 radical (unpaired) electrons. The summed E-state index contributed by atoms with van der Waals surface area (Å²) in [5.41, 5.74) is -1.38. The molecule has 1 aliphatic rings. The largest absolute Gasteiger partial charge is 0.419 e. The third-order valence-corrected chi connectivity index (χ3v) is 4.11. The van der Waals surface area contributed by atoms with Crippen LogP contribution < -0.4 is 5.32 Å². The Morgan fingerprint density at radius 3 is 2.57 bits per heavy atom. The van der Waals surface area contributed by atoms with Gasteiger partial charge in [-0.2, -0.15) is 13.2 Å². The zero-order valence-corrected chi connectivity index (χ0v) is 12.2. The van der Waals surface area contributed by atoms with E-state index in [-0.39, 0.29) is 5.92 Å². The Bertz CT molecular complexity index is 515. The van der Waals surface area contributed by atoms with E-state index in [0.29, 0.717) is 18.7 Å². The molecule has 118 valence electrons. The van der Waals surface area contributed by atoms with Gasteiger partial charge in [-0.1, -0.05) is 19.9 Å². The molecule has 0 aromatic heterocycles. The van der Waals surface area contributed by atoms with E-state index in [2.05, 4.69) is 5.32 Å². The molecule has 0 bridgehead atoms. The van der Waals surface area contributed by atoms with E-state index < -0.39 is 29.3 Å². The van der Waals surface area contributed by atoms with Crippen molar-refractivity contribution in [1.29, 1.82) is 0 Å². The molecule has 1 aromatic carbocycles. The Morgan fingerprint density at radius 1 is 1.33 bits per heavy atom. The third-order valence-electron chi connectivity index (χ3n) is 4.11. The quantitative estimate of drug-likeness (QED) is 0.836. The first-order chi connectivity index (χ1) is 9.63. The summed E-state index contributed by atoms with van der Waals surface area (Å²) >= 11 is 0. The average Bonchev–Trinajstić information content (AvgIpc) is 2.37. The van der Waals surface area contributed by atoms with Crippen LogP contribution >= 0.6 is 0 Å². The Morgan fingerprint density at radius 2 is 2.00 bits per heavy atom. The lowest BCUT2D eigenvalue weighted by atomic mass is 9.89. The van der Waals surface area contributed by atoms with E-state index in [0.717, 1.165) is 12.1 Å². The molecule has 0 saturated carbocycles. The van der Waals surface area contributed by atoms with Gasteiger partial charge in [0, 0.05) is 13.1 Å².